The summed E-state index contributed by atoms with van der Waals surface area (Å²) in [6.45, 7) is 1.52. The summed E-state index contributed by atoms with van der Waals surface area (Å²) in [7, 11) is 0. The Bertz CT molecular complexity index is 1010. The van der Waals surface area contributed by atoms with Crippen molar-refractivity contribution in [2.75, 3.05) is 13.1 Å². The summed E-state index contributed by atoms with van der Waals surface area (Å²) in [5, 5.41) is 6.40. The van der Waals surface area contributed by atoms with E-state index < -0.39 is 0 Å². The number of piperidine rings is 1. The smallest absolute Gasteiger partial charge is 0.289 e. The minimum atomic E-state index is -0.106. The summed E-state index contributed by atoms with van der Waals surface area (Å²) in [6.07, 6.45) is 3.15. The largest absolute Gasteiger partial charge is 0.486 e. The van der Waals surface area contributed by atoms with E-state index in [-0.39, 0.29) is 24.3 Å². The number of furan rings is 1. The number of halogens is 1. The maximum absolute atomic E-state index is 12.4. The third-order valence-electron chi connectivity index (χ3n) is 5.00. The SMILES string of the molecule is O=C(Cc1csc(COc2ccc(Cl)cc2)n1)NC1CCN(C(=O)c2ccco2)CC1. The molecule has 9 heteroatoms. The van der Waals surface area contributed by atoms with Gasteiger partial charge in [-0.1, -0.05) is 11.6 Å². The fraction of sp³-hybridized carbons (Fsp3) is 0.318. The predicted molar refractivity (Wildman–Crippen MR) is 117 cm³/mol. The second-order valence-electron chi connectivity index (χ2n) is 7.26. The van der Waals surface area contributed by atoms with E-state index in [0.29, 0.717) is 30.5 Å². The van der Waals surface area contributed by atoms with Crippen molar-refractivity contribution in [1.29, 1.82) is 0 Å². The number of hydrogen-bond donors (Lipinski definition) is 1. The Morgan fingerprint density at radius 3 is 2.71 bits per heavy atom. The lowest BCUT2D eigenvalue weighted by Gasteiger charge is -2.31. The number of hydrogen-bond acceptors (Lipinski definition) is 6. The molecule has 4 rings (SSSR count). The molecule has 0 saturated carbocycles. The third-order valence-corrected chi connectivity index (χ3v) is 6.12. The first-order valence-corrected chi connectivity index (χ1v) is 11.3. The zero-order valence-corrected chi connectivity index (χ0v) is 18.3. The van der Waals surface area contributed by atoms with Crippen molar-refractivity contribution in [2.45, 2.75) is 31.9 Å². The van der Waals surface area contributed by atoms with Crippen LogP contribution in [-0.4, -0.2) is 40.8 Å². The van der Waals surface area contributed by atoms with E-state index in [4.69, 9.17) is 20.8 Å². The van der Waals surface area contributed by atoms with Crippen LogP contribution in [0.5, 0.6) is 5.75 Å². The highest BCUT2D eigenvalue weighted by atomic mass is 35.5. The molecule has 1 fully saturated rings. The molecule has 162 valence electrons. The molecule has 0 radical (unpaired) electrons. The fourth-order valence-electron chi connectivity index (χ4n) is 3.40. The highest BCUT2D eigenvalue weighted by molar-refractivity contribution is 7.09. The normalized spacial score (nSPS) is 14.4. The zero-order chi connectivity index (χ0) is 21.6. The minimum absolute atomic E-state index is 0.0551. The molecule has 1 aliphatic heterocycles. The second-order valence-corrected chi connectivity index (χ2v) is 8.64. The van der Waals surface area contributed by atoms with Crippen molar-refractivity contribution in [3.8, 4) is 5.75 Å². The van der Waals surface area contributed by atoms with Crippen LogP contribution in [0.4, 0.5) is 0 Å². The van der Waals surface area contributed by atoms with Gasteiger partial charge in [-0.3, -0.25) is 9.59 Å². The molecular weight excluding hydrogens is 438 g/mol. The summed E-state index contributed by atoms with van der Waals surface area (Å²) >= 11 is 7.33. The molecule has 31 heavy (non-hydrogen) atoms. The average Bonchev–Trinajstić information content (AvgIpc) is 3.46. The van der Waals surface area contributed by atoms with Crippen molar-refractivity contribution in [1.82, 2.24) is 15.2 Å². The highest BCUT2D eigenvalue weighted by Crippen LogP contribution is 2.19. The third kappa shape index (κ3) is 5.86. The van der Waals surface area contributed by atoms with Crippen LogP contribution in [0.2, 0.25) is 5.02 Å². The molecule has 3 heterocycles. The van der Waals surface area contributed by atoms with E-state index in [9.17, 15) is 9.59 Å². The molecule has 0 bridgehead atoms. The molecule has 2 aromatic heterocycles. The molecule has 0 spiro atoms. The van der Waals surface area contributed by atoms with Gasteiger partial charge in [-0.05, 0) is 49.2 Å². The van der Waals surface area contributed by atoms with E-state index in [1.54, 1.807) is 41.3 Å². The van der Waals surface area contributed by atoms with Crippen LogP contribution in [0.15, 0.2) is 52.5 Å². The lowest BCUT2D eigenvalue weighted by molar-refractivity contribution is -0.121. The van der Waals surface area contributed by atoms with Gasteiger partial charge in [-0.25, -0.2) is 4.98 Å². The molecule has 1 saturated heterocycles. The standard InChI is InChI=1S/C22H22ClN3O4S/c23-15-3-5-18(6-4-15)30-13-21-25-17(14-31-21)12-20(27)24-16-7-9-26(10-8-16)22(28)19-2-1-11-29-19/h1-6,11,14,16H,7-10,12-13H2,(H,24,27). The molecule has 2 amide bonds. The van der Waals surface area contributed by atoms with Crippen molar-refractivity contribution in [3.63, 3.8) is 0 Å². The van der Waals surface area contributed by atoms with Crippen LogP contribution < -0.4 is 10.1 Å². The van der Waals surface area contributed by atoms with Crippen molar-refractivity contribution in [3.05, 3.63) is 69.5 Å². The molecule has 1 aromatic carbocycles. The fourth-order valence-corrected chi connectivity index (χ4v) is 4.23. The lowest BCUT2D eigenvalue weighted by atomic mass is 10.0. The highest BCUT2D eigenvalue weighted by Gasteiger charge is 2.26. The summed E-state index contributed by atoms with van der Waals surface area (Å²) in [4.78, 5) is 31.0. The van der Waals surface area contributed by atoms with E-state index in [2.05, 4.69) is 10.3 Å². The minimum Gasteiger partial charge on any atom is -0.486 e. The number of aromatic nitrogens is 1. The number of nitrogens with zero attached hydrogens (tertiary/aromatic N) is 2. The monoisotopic (exact) mass is 459 g/mol. The Morgan fingerprint density at radius 2 is 2.00 bits per heavy atom. The predicted octanol–water partition coefficient (Wildman–Crippen LogP) is 3.93. The van der Waals surface area contributed by atoms with E-state index >= 15 is 0 Å². The number of rotatable bonds is 7. The second kappa shape index (κ2) is 9.98. The summed E-state index contributed by atoms with van der Waals surface area (Å²) in [6, 6.07) is 10.6. The number of carbonyl (C=O) groups is 2. The summed E-state index contributed by atoms with van der Waals surface area (Å²) < 4.78 is 10.9. The van der Waals surface area contributed by atoms with Gasteiger partial charge in [0.2, 0.25) is 5.91 Å². The number of carbonyl (C=O) groups excluding carboxylic acids is 2. The van der Waals surface area contributed by atoms with Crippen LogP contribution in [0.25, 0.3) is 0 Å². The maximum atomic E-state index is 12.4. The van der Waals surface area contributed by atoms with Gasteiger partial charge in [0.05, 0.1) is 18.4 Å². The molecule has 7 nitrogen and oxygen atoms in total. The van der Waals surface area contributed by atoms with Gasteiger partial charge >= 0.3 is 0 Å². The summed E-state index contributed by atoms with van der Waals surface area (Å²) in [5.74, 6) is 0.898. The summed E-state index contributed by atoms with van der Waals surface area (Å²) in [5.41, 5.74) is 0.725. The van der Waals surface area contributed by atoms with Gasteiger partial charge in [0.15, 0.2) is 5.76 Å². The van der Waals surface area contributed by atoms with Gasteiger partial charge in [0.1, 0.15) is 17.4 Å². The molecule has 3 aromatic rings. The van der Waals surface area contributed by atoms with Crippen LogP contribution >= 0.6 is 22.9 Å². The van der Waals surface area contributed by atoms with Crippen LogP contribution in [0.1, 0.15) is 34.1 Å². The van der Waals surface area contributed by atoms with Crippen LogP contribution in [0.3, 0.4) is 0 Å². The van der Waals surface area contributed by atoms with Crippen molar-refractivity contribution < 1.29 is 18.7 Å². The number of ether oxygens (including phenoxy) is 1. The quantitative estimate of drug-likeness (QED) is 0.578. The topological polar surface area (TPSA) is 84.7 Å². The Hall–Kier alpha value is -2.84. The van der Waals surface area contributed by atoms with Crippen molar-refractivity contribution in [2.24, 2.45) is 0 Å². The van der Waals surface area contributed by atoms with E-state index in [1.165, 1.54) is 17.6 Å². The van der Waals surface area contributed by atoms with Gasteiger partial charge in [-0.15, -0.1) is 11.3 Å². The Labute approximate surface area is 189 Å². The number of benzene rings is 1. The first kappa shape index (κ1) is 21.4. The maximum Gasteiger partial charge on any atom is 0.289 e. The average molecular weight is 460 g/mol. The van der Waals surface area contributed by atoms with Gasteiger partial charge in [-0.2, -0.15) is 0 Å². The number of likely N-dealkylation sites (tertiary alicyclic amines) is 1. The molecule has 1 N–H and O–H groups in total. The molecule has 1 aliphatic rings. The van der Waals surface area contributed by atoms with E-state index in [0.717, 1.165) is 29.3 Å². The van der Waals surface area contributed by atoms with Crippen LogP contribution in [-0.2, 0) is 17.8 Å². The Morgan fingerprint density at radius 1 is 1.23 bits per heavy atom. The van der Waals surface area contributed by atoms with Gasteiger partial charge in [0, 0.05) is 29.5 Å². The van der Waals surface area contributed by atoms with Crippen LogP contribution in [0, 0.1) is 0 Å². The number of nitrogens with one attached hydrogen (secondary N) is 1. The molecule has 0 aliphatic carbocycles. The first-order chi connectivity index (χ1) is 15.1. The Balaban J connectivity index is 1.20. The number of thiazole rings is 1. The molecular formula is C22H22ClN3O4S. The Kier molecular flexibility index (Phi) is 6.89. The number of amides is 2. The lowest BCUT2D eigenvalue weighted by Crippen LogP contribution is -2.46. The van der Waals surface area contributed by atoms with Gasteiger partial charge in [0.25, 0.3) is 5.91 Å². The van der Waals surface area contributed by atoms with E-state index in [1.807, 2.05) is 5.38 Å². The van der Waals surface area contributed by atoms with Crippen molar-refractivity contribution >= 4 is 34.8 Å². The van der Waals surface area contributed by atoms with Gasteiger partial charge < -0.3 is 19.4 Å². The first-order valence-electron chi connectivity index (χ1n) is 10.0. The molecule has 0 unspecified atom stereocenters. The molecule has 0 atom stereocenters. The zero-order valence-electron chi connectivity index (χ0n) is 16.8.